The van der Waals surface area contributed by atoms with Gasteiger partial charge in [0, 0.05) is 128 Å². The van der Waals surface area contributed by atoms with E-state index >= 15 is 0 Å². The molecule has 0 aliphatic rings. The molecule has 3 N–H and O–H groups in total. The summed E-state index contributed by atoms with van der Waals surface area (Å²) in [5, 5.41) is 31.1. The molecule has 0 spiro atoms. The van der Waals surface area contributed by atoms with Crippen molar-refractivity contribution in [2.75, 3.05) is 127 Å². The molecule has 0 fully saturated rings. The van der Waals surface area contributed by atoms with E-state index in [0.717, 1.165) is 92.3 Å². The van der Waals surface area contributed by atoms with Gasteiger partial charge in [-0.25, -0.2) is 0 Å². The number of phenols is 3. The number of rotatable bonds is 18. The number of hydrogen-bond acceptors (Lipinski definition) is 12. The minimum Gasteiger partial charge on any atom is -0.507 e. The molecule has 3 rings (SSSR count). The van der Waals surface area contributed by atoms with Gasteiger partial charge in [0.1, 0.15) is 17.2 Å². The predicted molar refractivity (Wildman–Crippen MR) is 241 cm³/mol. The molecule has 0 amide bonds. The molecule has 0 bridgehead atoms. The minimum atomic E-state index is 0. The zero-order chi connectivity index (χ0) is 43.7. The Labute approximate surface area is 382 Å². The van der Waals surface area contributed by atoms with Gasteiger partial charge >= 0.3 is 0 Å². The Bertz CT molecular complexity index is 1340. The third kappa shape index (κ3) is 22.5. The Morgan fingerprint density at radius 1 is 0.259 bits per heavy atom. The van der Waals surface area contributed by atoms with Crippen LogP contribution in [0.1, 0.15) is 50.1 Å². The Balaban J connectivity index is 0.000000833. The second-order valence-corrected chi connectivity index (χ2v) is 17.9. The van der Waals surface area contributed by atoms with Crippen molar-refractivity contribution in [3.05, 3.63) is 86.5 Å². The average molecular weight is 935 g/mol. The van der Waals surface area contributed by atoms with Gasteiger partial charge in [-0.05, 0) is 180 Å². The normalized spacial score (nSPS) is 11.6. The molecule has 0 aliphatic carbocycles. The smallest absolute Gasteiger partial charge is 0.124 e. The Morgan fingerprint density at radius 2 is 0.379 bits per heavy atom. The van der Waals surface area contributed by atoms with E-state index in [9.17, 15) is 15.3 Å². The van der Waals surface area contributed by atoms with Crippen molar-refractivity contribution in [1.82, 2.24) is 44.1 Å². The summed E-state index contributed by atoms with van der Waals surface area (Å²) in [5.41, 5.74) is 9.75. The van der Waals surface area contributed by atoms with Crippen molar-refractivity contribution in [2.45, 2.75) is 58.9 Å². The molecular formula is C45H81LaN9O3. The van der Waals surface area contributed by atoms with Crippen molar-refractivity contribution in [3.8, 4) is 17.2 Å². The van der Waals surface area contributed by atoms with Gasteiger partial charge in [0.15, 0.2) is 0 Å². The summed E-state index contributed by atoms with van der Waals surface area (Å²) < 4.78 is 0. The van der Waals surface area contributed by atoms with Crippen LogP contribution in [0.2, 0.25) is 0 Å². The second kappa shape index (κ2) is 27.7. The van der Waals surface area contributed by atoms with Gasteiger partial charge in [0.05, 0.1) is 0 Å². The first-order chi connectivity index (χ1) is 26.4. The van der Waals surface area contributed by atoms with Gasteiger partial charge in [0.25, 0.3) is 0 Å². The van der Waals surface area contributed by atoms with E-state index in [-0.39, 0.29) is 35.6 Å². The molecule has 58 heavy (non-hydrogen) atoms. The maximum absolute atomic E-state index is 10.4. The van der Waals surface area contributed by atoms with Crippen molar-refractivity contribution in [3.63, 3.8) is 0 Å². The van der Waals surface area contributed by atoms with Crippen LogP contribution in [0.5, 0.6) is 17.2 Å². The van der Waals surface area contributed by atoms with E-state index in [1.807, 2.05) is 84.6 Å². The van der Waals surface area contributed by atoms with Gasteiger partial charge in [-0.1, -0.05) is 0 Å². The molecule has 3 aromatic carbocycles. The van der Waals surface area contributed by atoms with Gasteiger partial charge < -0.3 is 59.4 Å². The fourth-order valence-electron chi connectivity index (χ4n) is 6.63. The molecule has 0 saturated heterocycles. The topological polar surface area (TPSA) is 89.9 Å². The third-order valence-corrected chi connectivity index (χ3v) is 8.40. The van der Waals surface area contributed by atoms with Crippen molar-refractivity contribution >= 4 is 0 Å². The van der Waals surface area contributed by atoms with Crippen LogP contribution in [0.3, 0.4) is 0 Å². The Hall–Kier alpha value is -2.11. The first kappa shape index (κ1) is 55.9. The number of phenolic OH excluding ortho intramolecular Hbond substituents is 3. The largest absolute Gasteiger partial charge is 0.507 e. The standard InChI is InChI=1S/3C15H27N3O.La/c3*1-16(2)9-12-7-13(10-17(3)4)15(19)14(8-12)11-18(5)6;/h3*7-8,19H,9-11H2,1-6H3;. The SMILES string of the molecule is CN(C)Cc1cc(CN(C)C)c(O)c(CN(C)C)c1.CN(C)Cc1cc(CN(C)C)c(O)c(CN(C)C)c1.CN(C)Cc1cc(CN(C)C)c(O)c(CN(C)C)c1.[La]. The van der Waals surface area contributed by atoms with E-state index in [1.165, 1.54) is 16.7 Å². The quantitative estimate of drug-likeness (QED) is 0.165. The molecule has 13 heteroatoms. The van der Waals surface area contributed by atoms with Gasteiger partial charge in [0.2, 0.25) is 0 Å². The molecule has 0 aromatic heterocycles. The first-order valence-corrected chi connectivity index (χ1v) is 19.7. The number of aromatic hydroxyl groups is 3. The maximum Gasteiger partial charge on any atom is 0.124 e. The molecule has 0 aliphatic heterocycles. The second-order valence-electron chi connectivity index (χ2n) is 17.9. The first-order valence-electron chi connectivity index (χ1n) is 19.7. The van der Waals surface area contributed by atoms with Gasteiger partial charge in [-0.15, -0.1) is 0 Å². The van der Waals surface area contributed by atoms with Crippen molar-refractivity contribution < 1.29 is 50.9 Å². The van der Waals surface area contributed by atoms with Gasteiger partial charge in [-0.2, -0.15) is 0 Å². The fourth-order valence-corrected chi connectivity index (χ4v) is 6.63. The molecule has 0 saturated carbocycles. The molecule has 12 nitrogen and oxygen atoms in total. The summed E-state index contributed by atoms with van der Waals surface area (Å²) in [6, 6.07) is 12.6. The maximum atomic E-state index is 10.4. The van der Waals surface area contributed by atoms with Crippen molar-refractivity contribution in [2.24, 2.45) is 0 Å². The number of nitrogens with zero attached hydrogens (tertiary/aromatic N) is 9. The Kier molecular flexibility index (Phi) is 26.7. The van der Waals surface area contributed by atoms with Crippen LogP contribution in [0.15, 0.2) is 36.4 Å². The summed E-state index contributed by atoms with van der Waals surface area (Å²) in [7, 11) is 36.6. The number of benzene rings is 3. The van der Waals surface area contributed by atoms with Gasteiger partial charge in [-0.3, -0.25) is 0 Å². The molecule has 3 aromatic rings. The molecule has 0 heterocycles. The summed E-state index contributed by atoms with van der Waals surface area (Å²) in [5.74, 6) is 1.31. The van der Waals surface area contributed by atoms with E-state index in [2.05, 4.69) is 123 Å². The van der Waals surface area contributed by atoms with Crippen LogP contribution < -0.4 is 0 Å². The molecule has 0 atom stereocenters. The van der Waals surface area contributed by atoms with Crippen LogP contribution >= 0.6 is 0 Å². The fraction of sp³-hybridized carbons (Fsp3) is 0.600. The third-order valence-electron chi connectivity index (χ3n) is 8.40. The van der Waals surface area contributed by atoms with Crippen LogP contribution in [-0.2, 0) is 58.9 Å². The van der Waals surface area contributed by atoms with Crippen LogP contribution in [-0.4, -0.2) is 186 Å². The molecule has 1 radical (unpaired) electrons. The van der Waals surface area contributed by atoms with Crippen LogP contribution in [0.4, 0.5) is 0 Å². The van der Waals surface area contributed by atoms with E-state index in [1.54, 1.807) is 0 Å². The average Bonchev–Trinajstić information content (AvgIpc) is 3.02. The van der Waals surface area contributed by atoms with Crippen LogP contribution in [0.25, 0.3) is 0 Å². The number of hydrogen-bond donors (Lipinski definition) is 3. The van der Waals surface area contributed by atoms with Crippen molar-refractivity contribution in [1.29, 1.82) is 0 Å². The molecular weight excluding hydrogens is 853 g/mol. The predicted octanol–water partition coefficient (Wildman–Crippen LogP) is 4.73. The van der Waals surface area contributed by atoms with Crippen LogP contribution in [0, 0.1) is 35.6 Å². The summed E-state index contributed by atoms with van der Waals surface area (Å²) in [4.78, 5) is 18.9. The van der Waals surface area contributed by atoms with E-state index in [4.69, 9.17) is 0 Å². The summed E-state index contributed by atoms with van der Waals surface area (Å²) in [6.45, 7) is 7.21. The zero-order valence-electron chi connectivity index (χ0n) is 39.8. The zero-order valence-corrected chi connectivity index (χ0v) is 43.4. The summed E-state index contributed by atoms with van der Waals surface area (Å²) in [6.07, 6.45) is 0. The molecule has 0 unspecified atom stereocenters. The Morgan fingerprint density at radius 3 is 0.483 bits per heavy atom. The van der Waals surface area contributed by atoms with E-state index in [0.29, 0.717) is 17.2 Å². The summed E-state index contributed by atoms with van der Waals surface area (Å²) >= 11 is 0. The monoisotopic (exact) mass is 935 g/mol. The molecule has 327 valence electrons. The minimum absolute atomic E-state index is 0. The van der Waals surface area contributed by atoms with E-state index < -0.39 is 0 Å².